The molecule has 0 aliphatic carbocycles. The van der Waals surface area contributed by atoms with Gasteiger partial charge in [0.25, 0.3) is 5.91 Å². The highest BCUT2D eigenvalue weighted by Gasteiger charge is 2.18. The fourth-order valence-corrected chi connectivity index (χ4v) is 3.46. The molecule has 2 aromatic carbocycles. The molecule has 170 valence electrons. The van der Waals surface area contributed by atoms with Gasteiger partial charge in [0.1, 0.15) is 5.69 Å². The van der Waals surface area contributed by atoms with Gasteiger partial charge in [0.2, 0.25) is 0 Å². The molecule has 3 aromatic rings. The normalized spacial score (nSPS) is 10.5. The summed E-state index contributed by atoms with van der Waals surface area (Å²) in [5.74, 6) is -1.74. The average Bonchev–Trinajstić information content (AvgIpc) is 3.13. The molecular weight excluding hydrogens is 422 g/mol. The van der Waals surface area contributed by atoms with E-state index in [-0.39, 0.29) is 22.8 Å². The number of carboxylic acids is 1. The Morgan fingerprint density at radius 1 is 1.06 bits per heavy atom. The zero-order chi connectivity index (χ0) is 24.0. The fourth-order valence-electron chi connectivity index (χ4n) is 3.46. The van der Waals surface area contributed by atoms with E-state index in [1.165, 1.54) is 18.2 Å². The van der Waals surface area contributed by atoms with Crippen molar-refractivity contribution >= 4 is 40.2 Å². The summed E-state index contributed by atoms with van der Waals surface area (Å²) in [6, 6.07) is 12.6. The maximum atomic E-state index is 12.9. The van der Waals surface area contributed by atoms with Crippen LogP contribution < -0.4 is 16.0 Å². The third-order valence-corrected chi connectivity index (χ3v) is 5.23. The van der Waals surface area contributed by atoms with Gasteiger partial charge in [-0.3, -0.25) is 4.79 Å². The summed E-state index contributed by atoms with van der Waals surface area (Å²) in [4.78, 5) is 36.5. The van der Waals surface area contributed by atoms with Gasteiger partial charge in [0.15, 0.2) is 0 Å². The predicted molar refractivity (Wildman–Crippen MR) is 126 cm³/mol. The minimum absolute atomic E-state index is 0.0962. The van der Waals surface area contributed by atoms with Gasteiger partial charge >= 0.3 is 12.0 Å². The third-order valence-electron chi connectivity index (χ3n) is 5.23. The van der Waals surface area contributed by atoms with Crippen LogP contribution in [0, 0.1) is 11.3 Å². The number of hydrogen-bond acceptors (Lipinski definition) is 4. The molecule has 0 aliphatic rings. The summed E-state index contributed by atoms with van der Waals surface area (Å²) in [5.41, 5.74) is 1.74. The van der Waals surface area contributed by atoms with Crippen LogP contribution in [0.25, 0.3) is 10.9 Å². The number of benzene rings is 2. The van der Waals surface area contributed by atoms with Crippen LogP contribution in [-0.4, -0.2) is 34.1 Å². The molecule has 0 spiro atoms. The van der Waals surface area contributed by atoms with Crippen LogP contribution in [0.4, 0.5) is 16.2 Å². The molecule has 0 unspecified atom stereocenters. The number of fused-ring (bicyclic) bond motifs is 1. The second kappa shape index (κ2) is 10.3. The van der Waals surface area contributed by atoms with Crippen LogP contribution in [0.3, 0.4) is 0 Å². The van der Waals surface area contributed by atoms with E-state index in [0.717, 1.165) is 30.2 Å². The lowest BCUT2D eigenvalue weighted by Crippen LogP contribution is -2.29. The summed E-state index contributed by atoms with van der Waals surface area (Å²) in [6.07, 6.45) is 3.05. The molecule has 33 heavy (non-hydrogen) atoms. The molecule has 0 saturated carbocycles. The van der Waals surface area contributed by atoms with Gasteiger partial charge < -0.3 is 25.6 Å². The molecule has 0 aliphatic heterocycles. The van der Waals surface area contributed by atoms with E-state index in [9.17, 15) is 19.5 Å². The molecule has 1 aromatic heterocycles. The molecule has 3 rings (SSSR count). The van der Waals surface area contributed by atoms with Crippen molar-refractivity contribution in [2.45, 2.75) is 26.2 Å². The van der Waals surface area contributed by atoms with E-state index in [2.05, 4.69) is 22.9 Å². The fraction of sp³-hybridized carbons (Fsp3) is 0.250. The molecule has 0 fully saturated rings. The van der Waals surface area contributed by atoms with E-state index in [0.29, 0.717) is 17.9 Å². The summed E-state index contributed by atoms with van der Waals surface area (Å²) >= 11 is 0. The van der Waals surface area contributed by atoms with Gasteiger partial charge in [-0.15, -0.1) is 0 Å². The number of nitrogens with one attached hydrogen (secondary N) is 3. The van der Waals surface area contributed by atoms with Gasteiger partial charge in [-0.2, -0.15) is 5.26 Å². The number of urea groups is 1. The molecule has 0 radical (unpaired) electrons. The number of carboxylic acid groups (broad SMARTS) is 1. The maximum Gasteiger partial charge on any atom is 0.337 e. The number of nitriles is 1. The van der Waals surface area contributed by atoms with Crippen molar-refractivity contribution in [3.63, 3.8) is 0 Å². The molecule has 4 N–H and O–H groups in total. The Hall–Kier alpha value is -4.32. The van der Waals surface area contributed by atoms with Crippen molar-refractivity contribution in [2.75, 3.05) is 17.2 Å². The molecule has 1 heterocycles. The predicted octanol–water partition coefficient (Wildman–Crippen LogP) is 4.31. The molecule has 3 amide bonds. The first-order valence-corrected chi connectivity index (χ1v) is 10.6. The first-order chi connectivity index (χ1) is 15.8. The Morgan fingerprint density at radius 3 is 2.55 bits per heavy atom. The van der Waals surface area contributed by atoms with E-state index in [1.54, 1.807) is 35.9 Å². The lowest BCUT2D eigenvalue weighted by molar-refractivity contribution is 0.0698. The molecule has 9 heteroatoms. The maximum absolute atomic E-state index is 12.9. The topological polar surface area (TPSA) is 136 Å². The lowest BCUT2D eigenvalue weighted by atomic mass is 10.1. The zero-order valence-corrected chi connectivity index (χ0v) is 18.4. The average molecular weight is 447 g/mol. The number of aryl methyl sites for hydroxylation is 1. The van der Waals surface area contributed by atoms with E-state index < -0.39 is 11.9 Å². The number of aromatic carboxylic acids is 1. The zero-order valence-electron chi connectivity index (χ0n) is 18.4. The number of hydrogen-bond donors (Lipinski definition) is 4. The first kappa shape index (κ1) is 23.3. The minimum Gasteiger partial charge on any atom is -0.478 e. The van der Waals surface area contributed by atoms with Crippen molar-refractivity contribution in [1.82, 2.24) is 9.88 Å². The quantitative estimate of drug-likeness (QED) is 0.381. The smallest absolute Gasteiger partial charge is 0.337 e. The van der Waals surface area contributed by atoms with E-state index >= 15 is 0 Å². The van der Waals surface area contributed by atoms with Crippen LogP contribution in [0.2, 0.25) is 0 Å². The van der Waals surface area contributed by atoms with Crippen LogP contribution in [-0.2, 0) is 7.05 Å². The van der Waals surface area contributed by atoms with Gasteiger partial charge in [-0.05, 0) is 42.8 Å². The van der Waals surface area contributed by atoms with Gasteiger partial charge in [0, 0.05) is 24.7 Å². The number of amides is 3. The first-order valence-electron chi connectivity index (χ1n) is 10.6. The third kappa shape index (κ3) is 5.49. The van der Waals surface area contributed by atoms with Crippen molar-refractivity contribution in [3.05, 3.63) is 59.3 Å². The number of unbranched alkanes of at least 4 members (excludes halogenated alkanes) is 2. The highest BCUT2D eigenvalue weighted by molar-refractivity contribution is 6.09. The second-order valence-corrected chi connectivity index (χ2v) is 7.58. The van der Waals surface area contributed by atoms with Crippen molar-refractivity contribution in [3.8, 4) is 6.07 Å². The highest BCUT2D eigenvalue weighted by Crippen LogP contribution is 2.24. The Morgan fingerprint density at radius 2 is 1.85 bits per heavy atom. The number of nitrogens with zero attached hydrogens (tertiary/aromatic N) is 2. The molecular formula is C24H25N5O4. The van der Waals surface area contributed by atoms with Crippen LogP contribution in [0.1, 0.15) is 52.6 Å². The number of aromatic nitrogens is 1. The Balaban J connectivity index is 1.79. The van der Waals surface area contributed by atoms with Gasteiger partial charge in [-0.1, -0.05) is 25.8 Å². The van der Waals surface area contributed by atoms with Crippen molar-refractivity contribution < 1.29 is 19.5 Å². The Labute approximate surface area is 191 Å². The number of carbonyl (C=O) groups is 3. The summed E-state index contributed by atoms with van der Waals surface area (Å²) < 4.78 is 1.67. The Kier molecular flexibility index (Phi) is 7.31. The largest absolute Gasteiger partial charge is 0.478 e. The SMILES string of the molecule is CCCCCNC(=O)Nc1ccc2cc(C(=O)Nc3ccc(C#N)cc3C(=O)O)n(C)c2c1. The lowest BCUT2D eigenvalue weighted by Gasteiger charge is -2.10. The summed E-state index contributed by atoms with van der Waals surface area (Å²) in [7, 11) is 1.71. The van der Waals surface area contributed by atoms with Crippen LogP contribution >= 0.6 is 0 Å². The summed E-state index contributed by atoms with van der Waals surface area (Å²) in [6.45, 7) is 2.70. The van der Waals surface area contributed by atoms with Crippen LogP contribution in [0.15, 0.2) is 42.5 Å². The van der Waals surface area contributed by atoms with E-state index in [1.807, 2.05) is 6.07 Å². The van der Waals surface area contributed by atoms with E-state index in [4.69, 9.17) is 5.26 Å². The molecule has 9 nitrogen and oxygen atoms in total. The summed E-state index contributed by atoms with van der Waals surface area (Å²) in [5, 5.41) is 27.4. The van der Waals surface area contributed by atoms with Crippen molar-refractivity contribution in [2.24, 2.45) is 7.05 Å². The monoisotopic (exact) mass is 447 g/mol. The number of carbonyl (C=O) groups excluding carboxylic acids is 2. The standard InChI is InChI=1S/C24H25N5O4/c1-3-4-5-10-26-24(33)27-17-8-7-16-12-21(29(2)20(16)13-17)22(30)28-19-9-6-15(14-25)11-18(19)23(31)32/h6-9,11-13H,3-5,10H2,1-2H3,(H,28,30)(H,31,32)(H2,26,27,33). The Bertz CT molecular complexity index is 1260. The number of rotatable bonds is 8. The minimum atomic E-state index is -1.25. The second-order valence-electron chi connectivity index (χ2n) is 7.58. The van der Waals surface area contributed by atoms with Gasteiger partial charge in [0.05, 0.1) is 28.4 Å². The molecule has 0 bridgehead atoms. The number of anilines is 2. The van der Waals surface area contributed by atoms with Crippen molar-refractivity contribution in [1.29, 1.82) is 5.26 Å². The molecule has 0 saturated heterocycles. The highest BCUT2D eigenvalue weighted by atomic mass is 16.4. The molecule has 0 atom stereocenters. The van der Waals surface area contributed by atoms with Gasteiger partial charge in [-0.25, -0.2) is 9.59 Å². The van der Waals surface area contributed by atoms with Crippen LogP contribution in [0.5, 0.6) is 0 Å².